The van der Waals surface area contributed by atoms with Crippen LogP contribution in [0.5, 0.6) is 0 Å². The first-order chi connectivity index (χ1) is 12.6. The quantitative estimate of drug-likeness (QED) is 0.814. The number of rotatable bonds is 4. The second kappa shape index (κ2) is 6.72. The first-order valence-corrected chi connectivity index (χ1v) is 8.65. The van der Waals surface area contributed by atoms with Crippen LogP contribution in [0.25, 0.3) is 11.3 Å². The minimum Gasteiger partial charge on any atom is -0.363 e. The number of aliphatic imine (C=N–C) groups is 1. The number of aromatic amines is 1. The molecule has 2 aliphatic rings. The number of hydrogen-bond acceptors (Lipinski definition) is 4. The molecular formula is C19H16ClN5O. The third-order valence-electron chi connectivity index (χ3n) is 4.26. The van der Waals surface area contributed by atoms with Crippen molar-refractivity contribution in [3.8, 4) is 11.3 Å². The van der Waals surface area contributed by atoms with E-state index in [4.69, 9.17) is 11.6 Å². The van der Waals surface area contributed by atoms with Crippen LogP contribution in [0.4, 0.5) is 5.82 Å². The third-order valence-corrected chi connectivity index (χ3v) is 4.53. The number of nitrogens with zero attached hydrogens (tertiary/aromatic N) is 3. The molecule has 26 heavy (non-hydrogen) atoms. The van der Waals surface area contributed by atoms with Gasteiger partial charge in [0.15, 0.2) is 0 Å². The van der Waals surface area contributed by atoms with Crippen LogP contribution in [0, 0.1) is 0 Å². The van der Waals surface area contributed by atoms with E-state index in [9.17, 15) is 4.79 Å². The summed E-state index contributed by atoms with van der Waals surface area (Å²) in [6, 6.07) is 5.43. The van der Waals surface area contributed by atoms with Gasteiger partial charge in [-0.15, -0.1) is 11.6 Å². The molecule has 130 valence electrons. The molecule has 0 spiro atoms. The molecule has 6 nitrogen and oxygen atoms in total. The highest BCUT2D eigenvalue weighted by Gasteiger charge is 2.24. The van der Waals surface area contributed by atoms with E-state index in [2.05, 4.69) is 25.5 Å². The van der Waals surface area contributed by atoms with Crippen molar-refractivity contribution in [2.24, 2.45) is 4.99 Å². The van der Waals surface area contributed by atoms with E-state index < -0.39 is 0 Å². The molecule has 2 aromatic rings. The maximum Gasteiger partial charge on any atom is 0.275 e. The maximum atomic E-state index is 12.4. The average molecular weight is 366 g/mol. The highest BCUT2D eigenvalue weighted by Crippen LogP contribution is 2.25. The first-order valence-electron chi connectivity index (χ1n) is 8.21. The highest BCUT2D eigenvalue weighted by atomic mass is 35.5. The SMILES string of the molecule is C[C@H](Nc1cc(-c2ccn[nH]2)ccn1)C1=CC2=CC(Cl)C=CC2=NC1=O. The zero-order valence-electron chi connectivity index (χ0n) is 14.0. The molecule has 2 atom stereocenters. The van der Waals surface area contributed by atoms with Gasteiger partial charge in [-0.25, -0.2) is 9.98 Å². The number of amides is 1. The van der Waals surface area contributed by atoms with E-state index in [1.807, 2.05) is 43.4 Å². The van der Waals surface area contributed by atoms with Crippen molar-refractivity contribution in [2.45, 2.75) is 18.3 Å². The summed E-state index contributed by atoms with van der Waals surface area (Å²) in [5.74, 6) is 0.417. The summed E-state index contributed by atoms with van der Waals surface area (Å²) in [5, 5.41) is 9.96. The topological polar surface area (TPSA) is 83.0 Å². The van der Waals surface area contributed by atoms with Crippen molar-refractivity contribution in [1.82, 2.24) is 15.2 Å². The molecular weight excluding hydrogens is 350 g/mol. The molecule has 0 radical (unpaired) electrons. The maximum absolute atomic E-state index is 12.4. The summed E-state index contributed by atoms with van der Waals surface area (Å²) in [5.41, 5.74) is 3.96. The zero-order valence-corrected chi connectivity index (χ0v) is 14.7. The largest absolute Gasteiger partial charge is 0.363 e. The van der Waals surface area contributed by atoms with Crippen molar-refractivity contribution < 1.29 is 4.79 Å². The number of anilines is 1. The number of allylic oxidation sites excluding steroid dienone is 5. The predicted molar refractivity (Wildman–Crippen MR) is 102 cm³/mol. The lowest BCUT2D eigenvalue weighted by molar-refractivity contribution is -0.114. The number of dihydropyridines is 1. The van der Waals surface area contributed by atoms with Crippen LogP contribution >= 0.6 is 11.6 Å². The zero-order chi connectivity index (χ0) is 18.1. The van der Waals surface area contributed by atoms with Crippen LogP contribution in [0.15, 0.2) is 71.0 Å². The number of aromatic nitrogens is 3. The number of H-pyrrole nitrogens is 1. The lowest BCUT2D eigenvalue weighted by atomic mass is 9.94. The Morgan fingerprint density at radius 2 is 2.19 bits per heavy atom. The molecule has 1 aliphatic heterocycles. The van der Waals surface area contributed by atoms with E-state index in [1.165, 1.54) is 0 Å². The Morgan fingerprint density at radius 1 is 1.31 bits per heavy atom. The summed E-state index contributed by atoms with van der Waals surface area (Å²) < 4.78 is 0. The summed E-state index contributed by atoms with van der Waals surface area (Å²) in [6.45, 7) is 1.91. The van der Waals surface area contributed by atoms with E-state index in [0.717, 1.165) is 16.8 Å². The second-order valence-corrected chi connectivity index (χ2v) is 6.60. The average Bonchev–Trinajstić information content (AvgIpc) is 3.16. The van der Waals surface area contributed by atoms with E-state index in [1.54, 1.807) is 18.5 Å². The van der Waals surface area contributed by atoms with Crippen molar-refractivity contribution in [3.05, 3.63) is 66.0 Å². The summed E-state index contributed by atoms with van der Waals surface area (Å²) in [6.07, 6.45) is 10.7. The van der Waals surface area contributed by atoms with Crippen LogP contribution in [0.3, 0.4) is 0 Å². The Hall–Kier alpha value is -2.99. The van der Waals surface area contributed by atoms with Crippen molar-refractivity contribution in [1.29, 1.82) is 0 Å². The Kier molecular flexibility index (Phi) is 4.26. The Morgan fingerprint density at radius 3 is 3.00 bits per heavy atom. The summed E-state index contributed by atoms with van der Waals surface area (Å²) in [4.78, 5) is 20.9. The lowest BCUT2D eigenvalue weighted by Gasteiger charge is -2.21. The van der Waals surface area contributed by atoms with E-state index in [0.29, 0.717) is 17.1 Å². The molecule has 1 unspecified atom stereocenters. The molecule has 0 saturated carbocycles. The van der Waals surface area contributed by atoms with Gasteiger partial charge < -0.3 is 5.32 Å². The number of fused-ring (bicyclic) bond motifs is 1. The molecule has 4 rings (SSSR count). The van der Waals surface area contributed by atoms with Gasteiger partial charge in [-0.1, -0.05) is 12.2 Å². The number of alkyl halides is 1. The van der Waals surface area contributed by atoms with Gasteiger partial charge in [0, 0.05) is 23.5 Å². The molecule has 0 aromatic carbocycles. The predicted octanol–water partition coefficient (Wildman–Crippen LogP) is 3.28. The Labute approximate surface area is 155 Å². The van der Waals surface area contributed by atoms with Crippen LogP contribution in [-0.2, 0) is 4.79 Å². The molecule has 0 bridgehead atoms. The van der Waals surface area contributed by atoms with Gasteiger partial charge >= 0.3 is 0 Å². The molecule has 2 N–H and O–H groups in total. The third kappa shape index (κ3) is 3.23. The van der Waals surface area contributed by atoms with Gasteiger partial charge in [0.2, 0.25) is 0 Å². The van der Waals surface area contributed by atoms with Gasteiger partial charge in [0.05, 0.1) is 22.8 Å². The Balaban J connectivity index is 1.56. The van der Waals surface area contributed by atoms with Crippen molar-refractivity contribution in [2.75, 3.05) is 5.32 Å². The smallest absolute Gasteiger partial charge is 0.275 e. The number of carbonyl (C=O) groups is 1. The first kappa shape index (κ1) is 16.5. The molecule has 0 fully saturated rings. The standard InChI is InChI=1S/C19H16ClN5O/c1-11(15-9-13-8-14(20)2-3-16(13)24-19(15)26)23-18-10-12(4-6-21-18)17-5-7-22-25-17/h2-11,14H,1H3,(H,21,23)(H,22,25)/t11-,14?/m0/s1. The van der Waals surface area contributed by atoms with Gasteiger partial charge in [0.1, 0.15) is 5.82 Å². The van der Waals surface area contributed by atoms with Crippen LogP contribution in [-0.4, -0.2) is 38.2 Å². The number of carbonyl (C=O) groups excluding carboxylic acids is 1. The molecule has 0 saturated heterocycles. The van der Waals surface area contributed by atoms with Crippen molar-refractivity contribution in [3.63, 3.8) is 0 Å². The van der Waals surface area contributed by atoms with E-state index in [-0.39, 0.29) is 17.3 Å². The second-order valence-electron chi connectivity index (χ2n) is 6.09. The highest BCUT2D eigenvalue weighted by molar-refractivity contribution is 6.27. The van der Waals surface area contributed by atoms with Gasteiger partial charge in [-0.05, 0) is 42.8 Å². The number of pyridine rings is 1. The number of halogens is 1. The van der Waals surface area contributed by atoms with Gasteiger partial charge in [-0.2, -0.15) is 5.10 Å². The van der Waals surface area contributed by atoms with Crippen LogP contribution in [0.1, 0.15) is 6.92 Å². The van der Waals surface area contributed by atoms with E-state index >= 15 is 0 Å². The van der Waals surface area contributed by atoms with Crippen molar-refractivity contribution >= 4 is 29.0 Å². The fraction of sp³-hybridized carbons (Fsp3) is 0.158. The molecule has 1 aliphatic carbocycles. The lowest BCUT2D eigenvalue weighted by Crippen LogP contribution is -2.27. The van der Waals surface area contributed by atoms with Gasteiger partial charge in [-0.3, -0.25) is 9.89 Å². The molecule has 7 heteroatoms. The van der Waals surface area contributed by atoms with Gasteiger partial charge in [0.25, 0.3) is 5.91 Å². The minimum atomic E-state index is -0.252. The van der Waals surface area contributed by atoms with Crippen LogP contribution < -0.4 is 5.32 Å². The Bertz CT molecular complexity index is 972. The monoisotopic (exact) mass is 365 g/mol. The fourth-order valence-electron chi connectivity index (χ4n) is 2.92. The number of nitrogens with one attached hydrogen (secondary N) is 2. The van der Waals surface area contributed by atoms with Crippen LogP contribution in [0.2, 0.25) is 0 Å². The number of hydrogen-bond donors (Lipinski definition) is 2. The molecule has 1 amide bonds. The fourth-order valence-corrected chi connectivity index (χ4v) is 3.13. The summed E-state index contributed by atoms with van der Waals surface area (Å²) in [7, 11) is 0. The summed E-state index contributed by atoms with van der Waals surface area (Å²) >= 11 is 6.13. The molecule has 3 heterocycles. The normalized spacial score (nSPS) is 20.0. The molecule has 2 aromatic heterocycles. The minimum absolute atomic E-state index is 0.189.